The van der Waals surface area contributed by atoms with E-state index in [0.29, 0.717) is 23.9 Å². The van der Waals surface area contributed by atoms with Crippen molar-refractivity contribution in [2.24, 2.45) is 0 Å². The molecular formula is C16H24N4O2. The first-order valence-electron chi connectivity index (χ1n) is 8.19. The summed E-state index contributed by atoms with van der Waals surface area (Å²) in [5.41, 5.74) is 0.116. The molecule has 0 aliphatic carbocycles. The summed E-state index contributed by atoms with van der Waals surface area (Å²) in [7, 11) is 0. The summed E-state index contributed by atoms with van der Waals surface area (Å²) in [6.07, 6.45) is 6.38. The Hall–Kier alpha value is -1.69. The van der Waals surface area contributed by atoms with Gasteiger partial charge in [0.15, 0.2) is 0 Å². The maximum absolute atomic E-state index is 11.2. The Morgan fingerprint density at radius 1 is 1.27 bits per heavy atom. The summed E-state index contributed by atoms with van der Waals surface area (Å²) < 4.78 is 0. The van der Waals surface area contributed by atoms with E-state index in [1.807, 2.05) is 0 Å². The number of nitrogens with zero attached hydrogens (tertiary/aromatic N) is 4. The van der Waals surface area contributed by atoms with Gasteiger partial charge < -0.3 is 4.90 Å². The minimum absolute atomic E-state index is 0.116. The van der Waals surface area contributed by atoms with Crippen molar-refractivity contribution in [3.05, 3.63) is 28.4 Å². The van der Waals surface area contributed by atoms with E-state index in [2.05, 4.69) is 28.6 Å². The quantitative estimate of drug-likeness (QED) is 0.634. The van der Waals surface area contributed by atoms with E-state index in [1.165, 1.54) is 19.3 Å². The molecule has 22 heavy (non-hydrogen) atoms. The molecule has 0 amide bonds. The second-order valence-corrected chi connectivity index (χ2v) is 6.57. The summed E-state index contributed by atoms with van der Waals surface area (Å²) in [4.78, 5) is 19.9. The third kappa shape index (κ3) is 2.79. The smallest absolute Gasteiger partial charge is 0.311 e. The number of piperidine rings is 1. The first kappa shape index (κ1) is 15.2. The minimum Gasteiger partial charge on any atom is -0.349 e. The topological polar surface area (TPSA) is 62.5 Å². The van der Waals surface area contributed by atoms with Crippen molar-refractivity contribution in [2.45, 2.75) is 57.7 Å². The molecule has 0 spiro atoms. The number of rotatable bonds is 3. The van der Waals surface area contributed by atoms with Gasteiger partial charge in [0.05, 0.1) is 4.92 Å². The Morgan fingerprint density at radius 2 is 2.00 bits per heavy atom. The SMILES string of the molecule is C[C@@H]1CC[C@@H](C)N1[C@H]1CCCN(c2ncccc2[N+](=O)[O-])C1. The molecule has 0 saturated carbocycles. The third-order valence-corrected chi connectivity index (χ3v) is 5.10. The molecule has 0 radical (unpaired) electrons. The lowest BCUT2D eigenvalue weighted by Crippen LogP contribution is -2.51. The molecule has 2 fully saturated rings. The molecule has 6 heteroatoms. The van der Waals surface area contributed by atoms with Gasteiger partial charge in [-0.1, -0.05) is 0 Å². The zero-order valence-corrected chi connectivity index (χ0v) is 13.3. The number of aromatic nitrogens is 1. The fourth-order valence-corrected chi connectivity index (χ4v) is 4.10. The van der Waals surface area contributed by atoms with E-state index in [0.717, 1.165) is 19.5 Å². The van der Waals surface area contributed by atoms with Crippen molar-refractivity contribution < 1.29 is 4.92 Å². The maximum atomic E-state index is 11.2. The predicted octanol–water partition coefficient (Wildman–Crippen LogP) is 2.83. The van der Waals surface area contributed by atoms with Crippen LogP contribution in [0.3, 0.4) is 0 Å². The third-order valence-electron chi connectivity index (χ3n) is 5.10. The largest absolute Gasteiger partial charge is 0.349 e. The molecule has 3 atom stereocenters. The molecule has 0 bridgehead atoms. The Morgan fingerprint density at radius 3 is 2.68 bits per heavy atom. The van der Waals surface area contributed by atoms with E-state index in [-0.39, 0.29) is 10.6 Å². The van der Waals surface area contributed by atoms with Crippen LogP contribution >= 0.6 is 0 Å². The maximum Gasteiger partial charge on any atom is 0.311 e. The number of hydrogen-bond acceptors (Lipinski definition) is 5. The number of likely N-dealkylation sites (tertiary alicyclic amines) is 1. The van der Waals surface area contributed by atoms with E-state index in [9.17, 15) is 10.1 Å². The zero-order chi connectivity index (χ0) is 15.7. The molecule has 2 aliphatic rings. The average molecular weight is 304 g/mol. The Labute approximate surface area is 131 Å². The van der Waals surface area contributed by atoms with Crippen LogP contribution in [-0.2, 0) is 0 Å². The number of anilines is 1. The van der Waals surface area contributed by atoms with Crippen LogP contribution in [0.5, 0.6) is 0 Å². The molecular weight excluding hydrogens is 280 g/mol. The van der Waals surface area contributed by atoms with Crippen LogP contribution in [0.2, 0.25) is 0 Å². The van der Waals surface area contributed by atoms with Crippen molar-refractivity contribution in [3.8, 4) is 0 Å². The molecule has 1 aromatic heterocycles. The Balaban J connectivity index is 1.80. The first-order chi connectivity index (χ1) is 10.6. The van der Waals surface area contributed by atoms with Gasteiger partial charge in [0.25, 0.3) is 0 Å². The minimum atomic E-state index is -0.326. The zero-order valence-electron chi connectivity index (χ0n) is 13.3. The van der Waals surface area contributed by atoms with Gasteiger partial charge in [0.1, 0.15) is 0 Å². The molecule has 3 heterocycles. The molecule has 2 aliphatic heterocycles. The van der Waals surface area contributed by atoms with Crippen LogP contribution in [-0.4, -0.2) is 46.0 Å². The molecule has 120 valence electrons. The Kier molecular flexibility index (Phi) is 4.29. The van der Waals surface area contributed by atoms with Gasteiger partial charge in [-0.05, 0) is 45.6 Å². The van der Waals surface area contributed by atoms with Gasteiger partial charge in [0.2, 0.25) is 5.82 Å². The van der Waals surface area contributed by atoms with Crippen molar-refractivity contribution >= 4 is 11.5 Å². The van der Waals surface area contributed by atoms with Gasteiger partial charge in [0, 0.05) is 43.5 Å². The summed E-state index contributed by atoms with van der Waals surface area (Å²) >= 11 is 0. The van der Waals surface area contributed by atoms with Crippen molar-refractivity contribution in [3.63, 3.8) is 0 Å². The lowest BCUT2D eigenvalue weighted by Gasteiger charge is -2.41. The first-order valence-corrected chi connectivity index (χ1v) is 8.19. The Bertz CT molecular complexity index is 541. The summed E-state index contributed by atoms with van der Waals surface area (Å²) in [5, 5.41) is 11.2. The number of hydrogen-bond donors (Lipinski definition) is 0. The highest BCUT2D eigenvalue weighted by Crippen LogP contribution is 2.33. The van der Waals surface area contributed by atoms with Gasteiger partial charge in [-0.3, -0.25) is 15.0 Å². The van der Waals surface area contributed by atoms with Crippen molar-refractivity contribution in [1.82, 2.24) is 9.88 Å². The lowest BCUT2D eigenvalue weighted by molar-refractivity contribution is -0.384. The highest BCUT2D eigenvalue weighted by atomic mass is 16.6. The standard InChI is InChI=1S/C16H24N4O2/c1-12-7-8-13(2)19(12)14-5-4-10-18(11-14)16-15(20(21)22)6-3-9-17-16/h3,6,9,12-14H,4-5,7-8,10-11H2,1-2H3/t12-,13-,14+/m1/s1. The van der Waals surface area contributed by atoms with Crippen LogP contribution in [0.1, 0.15) is 39.5 Å². The van der Waals surface area contributed by atoms with Crippen molar-refractivity contribution in [2.75, 3.05) is 18.0 Å². The fraction of sp³-hybridized carbons (Fsp3) is 0.688. The second-order valence-electron chi connectivity index (χ2n) is 6.57. The summed E-state index contributed by atoms with van der Waals surface area (Å²) in [6.45, 7) is 6.29. The fourth-order valence-electron chi connectivity index (χ4n) is 4.10. The normalized spacial score (nSPS) is 29.7. The second kappa shape index (κ2) is 6.20. The molecule has 0 unspecified atom stereocenters. The van der Waals surface area contributed by atoms with E-state index in [4.69, 9.17) is 0 Å². The van der Waals surface area contributed by atoms with Crippen LogP contribution in [0.4, 0.5) is 11.5 Å². The number of pyridine rings is 1. The van der Waals surface area contributed by atoms with E-state index >= 15 is 0 Å². The molecule has 2 saturated heterocycles. The highest BCUT2D eigenvalue weighted by Gasteiger charge is 2.36. The number of nitro groups is 1. The van der Waals surface area contributed by atoms with Gasteiger partial charge in [-0.25, -0.2) is 4.98 Å². The van der Waals surface area contributed by atoms with Crippen LogP contribution in [0, 0.1) is 10.1 Å². The van der Waals surface area contributed by atoms with Gasteiger partial charge >= 0.3 is 5.69 Å². The van der Waals surface area contributed by atoms with Gasteiger partial charge in [-0.15, -0.1) is 0 Å². The van der Waals surface area contributed by atoms with E-state index < -0.39 is 0 Å². The van der Waals surface area contributed by atoms with Gasteiger partial charge in [-0.2, -0.15) is 0 Å². The summed E-state index contributed by atoms with van der Waals surface area (Å²) in [5.74, 6) is 0.525. The van der Waals surface area contributed by atoms with E-state index in [1.54, 1.807) is 18.3 Å². The van der Waals surface area contributed by atoms with Crippen molar-refractivity contribution in [1.29, 1.82) is 0 Å². The molecule has 0 N–H and O–H groups in total. The van der Waals surface area contributed by atoms with Crippen LogP contribution in [0.25, 0.3) is 0 Å². The highest BCUT2D eigenvalue weighted by molar-refractivity contribution is 5.57. The monoisotopic (exact) mass is 304 g/mol. The molecule has 0 aromatic carbocycles. The molecule has 6 nitrogen and oxygen atoms in total. The predicted molar refractivity (Wildman–Crippen MR) is 86.1 cm³/mol. The average Bonchev–Trinajstić information content (AvgIpc) is 2.86. The molecule has 1 aromatic rings. The van der Waals surface area contributed by atoms with Crippen LogP contribution in [0.15, 0.2) is 18.3 Å². The lowest BCUT2D eigenvalue weighted by atomic mass is 10.0. The molecule has 3 rings (SSSR count). The van der Waals surface area contributed by atoms with Crippen LogP contribution < -0.4 is 4.90 Å². The summed E-state index contributed by atoms with van der Waals surface area (Å²) in [6, 6.07) is 4.88.